The molecule has 2 N–H and O–H groups in total. The molecule has 0 spiro atoms. The maximum atomic E-state index is 12.2. The number of hydrogen-bond donors (Lipinski definition) is 2. The lowest BCUT2D eigenvalue weighted by Crippen LogP contribution is -2.29. The molecule has 0 saturated heterocycles. The molecule has 0 aliphatic rings. The topological polar surface area (TPSA) is 107 Å². The molecule has 8 heteroatoms. The van der Waals surface area contributed by atoms with E-state index < -0.39 is 12.0 Å². The molecular weight excluding hydrogens is 352 g/mol. The molecule has 3 aromatic rings. The van der Waals surface area contributed by atoms with Crippen molar-refractivity contribution in [1.82, 2.24) is 10.3 Å². The minimum Gasteiger partial charge on any atom is -0.504 e. The van der Waals surface area contributed by atoms with E-state index >= 15 is 0 Å². The van der Waals surface area contributed by atoms with Gasteiger partial charge in [0.05, 0.1) is 26.2 Å². The van der Waals surface area contributed by atoms with Gasteiger partial charge in [0, 0.05) is 6.54 Å². The van der Waals surface area contributed by atoms with Gasteiger partial charge in [-0.15, -0.1) is 0 Å². The predicted octanol–water partition coefficient (Wildman–Crippen LogP) is 2.96. The van der Waals surface area contributed by atoms with Crippen LogP contribution >= 0.6 is 0 Å². The molecule has 1 atom stereocenters. The Balaban J connectivity index is 1.80. The van der Waals surface area contributed by atoms with E-state index in [1.165, 1.54) is 26.5 Å². The Morgan fingerprint density at radius 2 is 2.15 bits per heavy atom. The van der Waals surface area contributed by atoms with Crippen molar-refractivity contribution in [2.75, 3.05) is 14.2 Å². The Labute approximate surface area is 155 Å². The Bertz CT molecular complexity index is 916. The Morgan fingerprint density at radius 3 is 2.78 bits per heavy atom. The second kappa shape index (κ2) is 7.96. The normalized spacial score (nSPS) is 12.0. The highest BCUT2D eigenvalue weighted by atomic mass is 16.5. The number of carbonyl (C=O) groups excluding carboxylic acids is 1. The number of nitrogens with zero attached hydrogens (tertiary/aromatic N) is 1. The number of rotatable bonds is 7. The van der Waals surface area contributed by atoms with E-state index in [4.69, 9.17) is 18.3 Å². The number of ether oxygens (including phenoxy) is 2. The monoisotopic (exact) mass is 372 g/mol. The fourth-order valence-corrected chi connectivity index (χ4v) is 2.64. The zero-order chi connectivity index (χ0) is 19.4. The standard InChI is InChI=1S/C19H20N2O6/c1-11-13(21-18(27-11)16-5-4-8-26-16)10-20-17(19(23)25-3)12-6-7-15(24-2)14(22)9-12/h4-9,17,20,22H,10H2,1-3H3/t17-/m1/s1. The van der Waals surface area contributed by atoms with E-state index in [0.29, 0.717) is 34.4 Å². The first kappa shape index (κ1) is 18.5. The van der Waals surface area contributed by atoms with Crippen LogP contribution in [-0.4, -0.2) is 30.3 Å². The van der Waals surface area contributed by atoms with Gasteiger partial charge in [0.2, 0.25) is 0 Å². The highest BCUT2D eigenvalue weighted by Crippen LogP contribution is 2.30. The third-order valence-electron chi connectivity index (χ3n) is 4.07. The largest absolute Gasteiger partial charge is 0.504 e. The molecule has 0 radical (unpaired) electrons. The van der Waals surface area contributed by atoms with Crippen LogP contribution in [0.25, 0.3) is 11.7 Å². The van der Waals surface area contributed by atoms with Crippen LogP contribution in [0.1, 0.15) is 23.1 Å². The van der Waals surface area contributed by atoms with Gasteiger partial charge in [0.1, 0.15) is 11.8 Å². The number of phenolic OH excluding ortho intramolecular Hbond substituents is 1. The van der Waals surface area contributed by atoms with Gasteiger partial charge in [-0.25, -0.2) is 9.78 Å². The van der Waals surface area contributed by atoms with Crippen molar-refractivity contribution in [3.05, 3.63) is 53.6 Å². The van der Waals surface area contributed by atoms with Crippen LogP contribution in [0.3, 0.4) is 0 Å². The minimum absolute atomic E-state index is 0.0663. The highest BCUT2D eigenvalue weighted by Gasteiger charge is 2.23. The number of methoxy groups -OCH3 is 2. The lowest BCUT2D eigenvalue weighted by atomic mass is 10.1. The number of carbonyl (C=O) groups is 1. The molecule has 0 fully saturated rings. The number of nitrogens with one attached hydrogen (secondary N) is 1. The van der Waals surface area contributed by atoms with E-state index in [1.807, 2.05) is 0 Å². The number of furan rings is 1. The summed E-state index contributed by atoms with van der Waals surface area (Å²) in [6.07, 6.45) is 1.54. The lowest BCUT2D eigenvalue weighted by Gasteiger charge is -2.17. The smallest absolute Gasteiger partial charge is 0.327 e. The van der Waals surface area contributed by atoms with Crippen LogP contribution < -0.4 is 10.1 Å². The summed E-state index contributed by atoms with van der Waals surface area (Å²) >= 11 is 0. The quantitative estimate of drug-likeness (QED) is 0.610. The molecular formula is C19H20N2O6. The number of aryl methyl sites for hydroxylation is 1. The summed E-state index contributed by atoms with van der Waals surface area (Å²) in [5, 5.41) is 13.1. The first-order chi connectivity index (χ1) is 13.0. The summed E-state index contributed by atoms with van der Waals surface area (Å²) < 4.78 is 20.8. The molecule has 8 nitrogen and oxygen atoms in total. The molecule has 27 heavy (non-hydrogen) atoms. The van der Waals surface area contributed by atoms with E-state index in [9.17, 15) is 9.90 Å². The fraction of sp³-hybridized carbons (Fsp3) is 0.263. The van der Waals surface area contributed by atoms with Crippen LogP contribution in [0.2, 0.25) is 0 Å². The summed E-state index contributed by atoms with van der Waals surface area (Å²) in [5.41, 5.74) is 1.17. The maximum Gasteiger partial charge on any atom is 0.327 e. The van der Waals surface area contributed by atoms with Crippen LogP contribution in [0.5, 0.6) is 11.5 Å². The Morgan fingerprint density at radius 1 is 1.33 bits per heavy atom. The van der Waals surface area contributed by atoms with E-state index in [0.717, 1.165) is 0 Å². The van der Waals surface area contributed by atoms with Crippen molar-refractivity contribution in [3.63, 3.8) is 0 Å². The van der Waals surface area contributed by atoms with Gasteiger partial charge in [-0.2, -0.15) is 0 Å². The minimum atomic E-state index is -0.796. The van der Waals surface area contributed by atoms with Crippen molar-refractivity contribution in [2.45, 2.75) is 19.5 Å². The summed E-state index contributed by atoms with van der Waals surface area (Å²) in [6.45, 7) is 2.03. The fourth-order valence-electron chi connectivity index (χ4n) is 2.64. The van der Waals surface area contributed by atoms with Crippen molar-refractivity contribution in [2.24, 2.45) is 0 Å². The van der Waals surface area contributed by atoms with Crippen LogP contribution in [0.15, 0.2) is 45.4 Å². The molecule has 2 aromatic heterocycles. The highest BCUT2D eigenvalue weighted by molar-refractivity contribution is 5.77. The Hall–Kier alpha value is -3.26. The zero-order valence-corrected chi connectivity index (χ0v) is 15.2. The average Bonchev–Trinajstić information content (AvgIpc) is 3.32. The molecule has 0 amide bonds. The van der Waals surface area contributed by atoms with Crippen LogP contribution in [-0.2, 0) is 16.1 Å². The van der Waals surface area contributed by atoms with Gasteiger partial charge in [0.25, 0.3) is 5.89 Å². The number of hydrogen-bond acceptors (Lipinski definition) is 8. The van der Waals surface area contributed by atoms with Gasteiger partial charge in [-0.1, -0.05) is 6.07 Å². The van der Waals surface area contributed by atoms with Gasteiger partial charge in [0.15, 0.2) is 17.3 Å². The van der Waals surface area contributed by atoms with Gasteiger partial charge in [-0.3, -0.25) is 5.32 Å². The van der Waals surface area contributed by atoms with Gasteiger partial charge >= 0.3 is 5.97 Å². The third-order valence-corrected chi connectivity index (χ3v) is 4.07. The molecule has 0 bridgehead atoms. The van der Waals surface area contributed by atoms with E-state index in [-0.39, 0.29) is 12.3 Å². The molecule has 0 aliphatic carbocycles. The van der Waals surface area contributed by atoms with Crippen molar-refractivity contribution in [3.8, 4) is 23.1 Å². The molecule has 3 rings (SSSR count). The van der Waals surface area contributed by atoms with Crippen molar-refractivity contribution < 1.29 is 28.2 Å². The second-order valence-electron chi connectivity index (χ2n) is 5.77. The predicted molar refractivity (Wildman–Crippen MR) is 95.2 cm³/mol. The van der Waals surface area contributed by atoms with Gasteiger partial charge < -0.3 is 23.4 Å². The summed E-state index contributed by atoms with van der Waals surface area (Å²) in [6, 6.07) is 7.42. The zero-order valence-electron chi connectivity index (χ0n) is 15.2. The number of aromatic hydroxyl groups is 1. The second-order valence-corrected chi connectivity index (χ2v) is 5.77. The van der Waals surface area contributed by atoms with E-state index in [1.54, 1.807) is 31.2 Å². The SMILES string of the molecule is COC(=O)[C@H](NCc1nc(-c2ccco2)oc1C)c1ccc(OC)c(O)c1. The van der Waals surface area contributed by atoms with Crippen LogP contribution in [0, 0.1) is 6.92 Å². The summed E-state index contributed by atoms with van der Waals surface area (Å²) in [4.78, 5) is 16.6. The maximum absolute atomic E-state index is 12.2. The summed E-state index contributed by atoms with van der Waals surface area (Å²) in [5.74, 6) is 1.25. The summed E-state index contributed by atoms with van der Waals surface area (Å²) in [7, 11) is 2.76. The lowest BCUT2D eigenvalue weighted by molar-refractivity contribution is -0.143. The number of phenols is 1. The molecule has 142 valence electrons. The first-order valence-electron chi connectivity index (χ1n) is 8.21. The molecule has 1 aromatic carbocycles. The van der Waals surface area contributed by atoms with Gasteiger partial charge in [-0.05, 0) is 36.8 Å². The number of aromatic nitrogens is 1. The third kappa shape index (κ3) is 3.95. The Kier molecular flexibility index (Phi) is 5.46. The molecule has 0 unspecified atom stereocenters. The van der Waals surface area contributed by atoms with Crippen molar-refractivity contribution in [1.29, 1.82) is 0 Å². The molecule has 0 aliphatic heterocycles. The number of oxazole rings is 1. The average molecular weight is 372 g/mol. The molecule has 2 heterocycles. The number of benzene rings is 1. The van der Waals surface area contributed by atoms with Crippen molar-refractivity contribution >= 4 is 5.97 Å². The van der Waals surface area contributed by atoms with E-state index in [2.05, 4.69) is 10.3 Å². The van der Waals surface area contributed by atoms with Crippen LogP contribution in [0.4, 0.5) is 0 Å². The first-order valence-corrected chi connectivity index (χ1v) is 8.21. The number of esters is 1. The molecule has 0 saturated carbocycles.